The number of esters is 1. The number of rotatable bonds is 6. The first-order chi connectivity index (χ1) is 14.3. The lowest BCUT2D eigenvalue weighted by Gasteiger charge is -2.16. The van der Waals surface area contributed by atoms with Gasteiger partial charge in [-0.05, 0) is 40.2 Å². The van der Waals surface area contributed by atoms with Gasteiger partial charge in [-0.15, -0.1) is 0 Å². The average molecular weight is 478 g/mol. The number of nitrogens with two attached hydrogens (primary N) is 1. The third kappa shape index (κ3) is 3.81. The SMILES string of the molecule is COc1cc(C(=O)Oc2ccc3cc(C(N)=O)c(=O)oc3c2)c(Br)c(OC)c1OC. The van der Waals surface area contributed by atoms with Crippen molar-refractivity contribution in [2.45, 2.75) is 0 Å². The van der Waals surface area contributed by atoms with Crippen LogP contribution < -0.4 is 30.3 Å². The molecule has 0 fully saturated rings. The van der Waals surface area contributed by atoms with Crippen molar-refractivity contribution in [2.24, 2.45) is 5.73 Å². The molecule has 0 aliphatic rings. The van der Waals surface area contributed by atoms with E-state index >= 15 is 0 Å². The second-order valence-electron chi connectivity index (χ2n) is 5.91. The second kappa shape index (κ2) is 8.46. The van der Waals surface area contributed by atoms with Crippen LogP contribution in [0.5, 0.6) is 23.0 Å². The highest BCUT2D eigenvalue weighted by Crippen LogP contribution is 2.45. The molecule has 0 bridgehead atoms. The Morgan fingerprint density at radius 3 is 2.27 bits per heavy atom. The maximum Gasteiger partial charge on any atom is 0.349 e. The van der Waals surface area contributed by atoms with Crippen molar-refractivity contribution in [1.82, 2.24) is 0 Å². The minimum Gasteiger partial charge on any atom is -0.493 e. The van der Waals surface area contributed by atoms with Gasteiger partial charge in [-0.25, -0.2) is 9.59 Å². The number of fused-ring (bicyclic) bond motifs is 1. The number of ether oxygens (including phenoxy) is 4. The Kier molecular flexibility index (Phi) is 5.97. The van der Waals surface area contributed by atoms with Crippen molar-refractivity contribution in [3.8, 4) is 23.0 Å². The molecule has 0 aliphatic carbocycles. The Morgan fingerprint density at radius 1 is 0.967 bits per heavy atom. The second-order valence-corrected chi connectivity index (χ2v) is 6.70. The molecule has 0 unspecified atom stereocenters. The third-order valence-corrected chi connectivity index (χ3v) is 4.96. The van der Waals surface area contributed by atoms with E-state index in [0.717, 1.165) is 0 Å². The molecule has 1 amide bonds. The Labute approximate surface area is 178 Å². The number of methoxy groups -OCH3 is 3. The van der Waals surface area contributed by atoms with E-state index in [1.165, 1.54) is 51.7 Å². The van der Waals surface area contributed by atoms with Crippen molar-refractivity contribution in [1.29, 1.82) is 0 Å². The van der Waals surface area contributed by atoms with Crippen LogP contribution in [-0.4, -0.2) is 33.2 Å². The van der Waals surface area contributed by atoms with E-state index in [1.54, 1.807) is 0 Å². The maximum absolute atomic E-state index is 12.8. The maximum atomic E-state index is 12.8. The summed E-state index contributed by atoms with van der Waals surface area (Å²) in [5.41, 5.74) is 4.24. The van der Waals surface area contributed by atoms with Crippen molar-refractivity contribution in [2.75, 3.05) is 21.3 Å². The monoisotopic (exact) mass is 477 g/mol. The van der Waals surface area contributed by atoms with Gasteiger partial charge in [0.05, 0.1) is 31.4 Å². The zero-order valence-electron chi connectivity index (χ0n) is 16.1. The van der Waals surface area contributed by atoms with E-state index in [2.05, 4.69) is 15.9 Å². The Hall–Kier alpha value is -3.53. The molecule has 1 aromatic heterocycles. The van der Waals surface area contributed by atoms with Crippen LogP contribution in [0, 0.1) is 0 Å². The van der Waals surface area contributed by atoms with Crippen molar-refractivity contribution in [3.05, 3.63) is 56.4 Å². The first-order valence-corrected chi connectivity index (χ1v) is 9.18. The summed E-state index contributed by atoms with van der Waals surface area (Å²) in [6, 6.07) is 7.11. The van der Waals surface area contributed by atoms with Gasteiger partial charge in [0.2, 0.25) is 5.75 Å². The highest BCUT2D eigenvalue weighted by atomic mass is 79.9. The molecule has 0 radical (unpaired) electrons. The van der Waals surface area contributed by atoms with Crippen LogP contribution in [0.25, 0.3) is 11.0 Å². The summed E-state index contributed by atoms with van der Waals surface area (Å²) >= 11 is 3.32. The van der Waals surface area contributed by atoms with E-state index in [1.807, 2.05) is 0 Å². The van der Waals surface area contributed by atoms with Gasteiger partial charge in [0.15, 0.2) is 11.5 Å². The van der Waals surface area contributed by atoms with Crippen LogP contribution >= 0.6 is 15.9 Å². The molecule has 0 aliphatic heterocycles. The summed E-state index contributed by atoms with van der Waals surface area (Å²) in [7, 11) is 4.28. The fraction of sp³-hybridized carbons (Fsp3) is 0.150. The molecule has 0 spiro atoms. The minimum absolute atomic E-state index is 0.114. The molecule has 2 N–H and O–H groups in total. The van der Waals surface area contributed by atoms with Crippen molar-refractivity contribution in [3.63, 3.8) is 0 Å². The standard InChI is InChI=1S/C20H16BrNO8/c1-26-14-8-11(15(21)17(28-3)16(14)27-2)19(24)29-10-5-4-9-6-12(18(22)23)20(25)30-13(9)7-10/h4-8H,1-3H3,(H2,22,23). The predicted octanol–water partition coefficient (Wildman–Crippen LogP) is 2.90. The topological polar surface area (TPSA) is 127 Å². The lowest BCUT2D eigenvalue weighted by Crippen LogP contribution is -2.20. The molecule has 0 saturated carbocycles. The zero-order chi connectivity index (χ0) is 22.0. The van der Waals surface area contributed by atoms with Gasteiger partial charge in [-0.1, -0.05) is 0 Å². The van der Waals surface area contributed by atoms with E-state index in [-0.39, 0.29) is 34.0 Å². The van der Waals surface area contributed by atoms with Crippen LogP contribution in [0.4, 0.5) is 0 Å². The number of carbonyl (C=O) groups excluding carboxylic acids is 2. The number of benzene rings is 2. The fourth-order valence-electron chi connectivity index (χ4n) is 2.76. The number of amides is 1. The lowest BCUT2D eigenvalue weighted by molar-refractivity contribution is 0.0732. The average Bonchev–Trinajstić information content (AvgIpc) is 2.72. The summed E-state index contributed by atoms with van der Waals surface area (Å²) in [5, 5.41) is 0.442. The highest BCUT2D eigenvalue weighted by Gasteiger charge is 2.24. The lowest BCUT2D eigenvalue weighted by atomic mass is 10.1. The molecule has 10 heteroatoms. The molecule has 3 rings (SSSR count). The molecule has 2 aromatic carbocycles. The van der Waals surface area contributed by atoms with Gasteiger partial charge in [0, 0.05) is 11.5 Å². The van der Waals surface area contributed by atoms with Gasteiger partial charge >= 0.3 is 11.6 Å². The molecular weight excluding hydrogens is 462 g/mol. The smallest absolute Gasteiger partial charge is 0.349 e. The number of hydrogen-bond donors (Lipinski definition) is 1. The van der Waals surface area contributed by atoms with Crippen molar-refractivity contribution < 1.29 is 33.0 Å². The Bertz CT molecular complexity index is 1220. The van der Waals surface area contributed by atoms with Gasteiger partial charge in [-0.3, -0.25) is 4.79 Å². The predicted molar refractivity (Wildman–Crippen MR) is 110 cm³/mol. The first-order valence-electron chi connectivity index (χ1n) is 8.39. The summed E-state index contributed by atoms with van der Waals surface area (Å²) < 4.78 is 26.6. The van der Waals surface area contributed by atoms with Gasteiger partial charge < -0.3 is 29.1 Å². The molecule has 0 saturated heterocycles. The van der Waals surface area contributed by atoms with E-state index in [0.29, 0.717) is 15.6 Å². The van der Waals surface area contributed by atoms with E-state index in [9.17, 15) is 14.4 Å². The largest absolute Gasteiger partial charge is 0.493 e. The van der Waals surface area contributed by atoms with Crippen molar-refractivity contribution >= 4 is 38.8 Å². The zero-order valence-corrected chi connectivity index (χ0v) is 17.7. The molecule has 9 nitrogen and oxygen atoms in total. The van der Waals surface area contributed by atoms with E-state index in [4.69, 9.17) is 29.1 Å². The molecule has 30 heavy (non-hydrogen) atoms. The highest BCUT2D eigenvalue weighted by molar-refractivity contribution is 9.10. The van der Waals surface area contributed by atoms with Crippen LogP contribution in [-0.2, 0) is 0 Å². The van der Waals surface area contributed by atoms with Gasteiger partial charge in [0.25, 0.3) is 5.91 Å². The van der Waals surface area contributed by atoms with Crippen LogP contribution in [0.1, 0.15) is 20.7 Å². The summed E-state index contributed by atoms with van der Waals surface area (Å²) in [4.78, 5) is 35.9. The van der Waals surface area contributed by atoms with Crippen LogP contribution in [0.2, 0.25) is 0 Å². The fourth-order valence-corrected chi connectivity index (χ4v) is 3.38. The number of halogens is 1. The number of hydrogen-bond acceptors (Lipinski definition) is 8. The van der Waals surface area contributed by atoms with Crippen LogP contribution in [0.3, 0.4) is 0 Å². The quantitative estimate of drug-likeness (QED) is 0.326. The molecule has 3 aromatic rings. The molecule has 0 atom stereocenters. The normalized spacial score (nSPS) is 10.5. The Morgan fingerprint density at radius 2 is 1.67 bits per heavy atom. The summed E-state index contributed by atoms with van der Waals surface area (Å²) in [6.45, 7) is 0. The summed E-state index contributed by atoms with van der Waals surface area (Å²) in [6.07, 6.45) is 0. The molecule has 156 valence electrons. The molecular formula is C20H16BrNO8. The molecule has 1 heterocycles. The van der Waals surface area contributed by atoms with Crippen LogP contribution in [0.15, 0.2) is 44.0 Å². The van der Waals surface area contributed by atoms with Gasteiger partial charge in [-0.2, -0.15) is 0 Å². The van der Waals surface area contributed by atoms with Gasteiger partial charge in [0.1, 0.15) is 16.9 Å². The third-order valence-electron chi connectivity index (χ3n) is 4.17. The Balaban J connectivity index is 2.00. The number of primary amides is 1. The first kappa shape index (κ1) is 21.2. The van der Waals surface area contributed by atoms with E-state index < -0.39 is 17.5 Å². The summed E-state index contributed by atoms with van der Waals surface area (Å²) in [5.74, 6) is -0.672. The minimum atomic E-state index is -0.895. The number of carbonyl (C=O) groups is 2.